The summed E-state index contributed by atoms with van der Waals surface area (Å²) in [6.07, 6.45) is 1.00. The number of esters is 1. The van der Waals surface area contributed by atoms with Crippen molar-refractivity contribution in [3.05, 3.63) is 13.2 Å². The second kappa shape index (κ2) is 8.61. The maximum absolute atomic E-state index is 11.8. The number of piperidine rings is 1. The molecule has 20 heavy (non-hydrogen) atoms. The van der Waals surface area contributed by atoms with Crippen molar-refractivity contribution in [2.75, 3.05) is 19.7 Å². The Morgan fingerprint density at radius 2 is 1.70 bits per heavy atom. The Kier molecular flexibility index (Phi) is 7.96. The van der Waals surface area contributed by atoms with E-state index in [4.69, 9.17) is 9.47 Å². The molecule has 1 heterocycles. The van der Waals surface area contributed by atoms with E-state index < -0.39 is 5.60 Å². The Morgan fingerprint density at radius 1 is 1.20 bits per heavy atom. The van der Waals surface area contributed by atoms with Crippen LogP contribution in [0.25, 0.3) is 0 Å². The van der Waals surface area contributed by atoms with Gasteiger partial charge in [-0.1, -0.05) is 0 Å². The average molecular weight is 285 g/mol. The maximum Gasteiger partial charge on any atom is 0.410 e. The third-order valence-corrected chi connectivity index (χ3v) is 2.77. The summed E-state index contributed by atoms with van der Waals surface area (Å²) in [4.78, 5) is 25.0. The number of hydrogen-bond acceptors (Lipinski definition) is 4. The first-order valence-electron chi connectivity index (χ1n) is 6.98. The van der Waals surface area contributed by atoms with Crippen molar-refractivity contribution in [2.45, 2.75) is 46.1 Å². The smallest absolute Gasteiger partial charge is 0.410 e. The Bertz CT molecular complexity index is 314. The van der Waals surface area contributed by atoms with Gasteiger partial charge in [0.25, 0.3) is 0 Å². The van der Waals surface area contributed by atoms with E-state index in [-0.39, 0.29) is 18.0 Å². The fourth-order valence-electron chi connectivity index (χ4n) is 1.88. The summed E-state index contributed by atoms with van der Waals surface area (Å²) < 4.78 is 10.3. The molecule has 0 bridgehead atoms. The van der Waals surface area contributed by atoms with Crippen molar-refractivity contribution in [3.8, 4) is 0 Å². The molecule has 1 rings (SSSR count). The van der Waals surface area contributed by atoms with Gasteiger partial charge >= 0.3 is 12.1 Å². The highest BCUT2D eigenvalue weighted by molar-refractivity contribution is 5.73. The predicted molar refractivity (Wildman–Crippen MR) is 78.4 cm³/mol. The second-order valence-electron chi connectivity index (χ2n) is 5.49. The number of amides is 1. The van der Waals surface area contributed by atoms with Crippen LogP contribution in [0.15, 0.2) is 13.2 Å². The predicted octanol–water partition coefficient (Wildman–Crippen LogP) is 3.00. The van der Waals surface area contributed by atoms with Crippen LogP contribution in [0, 0.1) is 5.92 Å². The van der Waals surface area contributed by atoms with E-state index >= 15 is 0 Å². The standard InChI is InChI=1S/C13H23NO4.C2H4/c1-5-17-11(15)10-6-8-14(9-7-10)12(16)18-13(2,3)4;1-2/h10H,5-9H2,1-4H3;1-2H2. The highest BCUT2D eigenvalue weighted by Gasteiger charge is 2.30. The van der Waals surface area contributed by atoms with Crippen molar-refractivity contribution in [1.82, 2.24) is 4.90 Å². The molecule has 1 saturated heterocycles. The molecule has 1 aliphatic rings. The first-order chi connectivity index (χ1) is 9.33. The highest BCUT2D eigenvalue weighted by atomic mass is 16.6. The molecule has 0 N–H and O–H groups in total. The fourth-order valence-corrected chi connectivity index (χ4v) is 1.88. The SMILES string of the molecule is C=C.CCOC(=O)C1CCN(C(=O)OC(C)(C)C)CC1. The lowest BCUT2D eigenvalue weighted by atomic mass is 9.97. The zero-order chi connectivity index (χ0) is 15.8. The van der Waals surface area contributed by atoms with Crippen LogP contribution in [0.3, 0.4) is 0 Å². The van der Waals surface area contributed by atoms with Crippen molar-refractivity contribution in [3.63, 3.8) is 0 Å². The maximum atomic E-state index is 11.8. The van der Waals surface area contributed by atoms with Crippen LogP contribution in [0.2, 0.25) is 0 Å². The summed E-state index contributed by atoms with van der Waals surface area (Å²) >= 11 is 0. The minimum atomic E-state index is -0.477. The number of ether oxygens (including phenoxy) is 2. The molecule has 0 unspecified atom stereocenters. The molecule has 5 nitrogen and oxygen atoms in total. The molecular weight excluding hydrogens is 258 g/mol. The van der Waals surface area contributed by atoms with E-state index in [0.29, 0.717) is 32.5 Å². The summed E-state index contributed by atoms with van der Waals surface area (Å²) in [6, 6.07) is 0. The number of nitrogens with zero attached hydrogens (tertiary/aromatic N) is 1. The molecule has 0 atom stereocenters. The van der Waals surface area contributed by atoms with Crippen LogP contribution >= 0.6 is 0 Å². The van der Waals surface area contributed by atoms with Gasteiger partial charge in [-0.2, -0.15) is 0 Å². The van der Waals surface area contributed by atoms with Crippen molar-refractivity contribution >= 4 is 12.1 Å². The Labute approximate surface area is 121 Å². The van der Waals surface area contributed by atoms with Gasteiger partial charge in [-0.25, -0.2) is 4.79 Å². The second-order valence-corrected chi connectivity index (χ2v) is 5.49. The van der Waals surface area contributed by atoms with Crippen LogP contribution in [-0.2, 0) is 14.3 Å². The molecule has 0 spiro atoms. The zero-order valence-electron chi connectivity index (χ0n) is 13.1. The van der Waals surface area contributed by atoms with E-state index in [2.05, 4.69) is 13.2 Å². The van der Waals surface area contributed by atoms with E-state index in [9.17, 15) is 9.59 Å². The third kappa shape index (κ3) is 6.59. The summed E-state index contributed by atoms with van der Waals surface area (Å²) in [5.74, 6) is -0.232. The van der Waals surface area contributed by atoms with Crippen molar-refractivity contribution in [1.29, 1.82) is 0 Å². The molecule has 0 radical (unpaired) electrons. The lowest BCUT2D eigenvalue weighted by molar-refractivity contribution is -0.149. The molecule has 1 fully saturated rings. The third-order valence-electron chi connectivity index (χ3n) is 2.77. The number of rotatable bonds is 2. The minimum Gasteiger partial charge on any atom is -0.466 e. The van der Waals surface area contributed by atoms with Gasteiger partial charge in [-0.15, -0.1) is 13.2 Å². The molecule has 0 aromatic rings. The van der Waals surface area contributed by atoms with Gasteiger partial charge in [0.15, 0.2) is 0 Å². The van der Waals surface area contributed by atoms with Gasteiger partial charge in [0.2, 0.25) is 0 Å². The summed E-state index contributed by atoms with van der Waals surface area (Å²) in [5.41, 5.74) is -0.477. The Balaban J connectivity index is 0.00000172. The molecular formula is C15H27NO4. The summed E-state index contributed by atoms with van der Waals surface area (Å²) in [7, 11) is 0. The van der Waals surface area contributed by atoms with Gasteiger partial charge < -0.3 is 14.4 Å². The number of hydrogen-bond donors (Lipinski definition) is 0. The van der Waals surface area contributed by atoms with E-state index in [0.717, 1.165) is 0 Å². The average Bonchev–Trinajstić information content (AvgIpc) is 2.39. The van der Waals surface area contributed by atoms with Crippen LogP contribution < -0.4 is 0 Å². The Morgan fingerprint density at radius 3 is 2.10 bits per heavy atom. The number of carbonyl (C=O) groups is 2. The van der Waals surface area contributed by atoms with Crippen molar-refractivity contribution in [2.24, 2.45) is 5.92 Å². The van der Waals surface area contributed by atoms with E-state index in [1.165, 1.54) is 0 Å². The van der Waals surface area contributed by atoms with Crippen LogP contribution in [0.1, 0.15) is 40.5 Å². The molecule has 1 aliphatic heterocycles. The zero-order valence-corrected chi connectivity index (χ0v) is 13.1. The fraction of sp³-hybridized carbons (Fsp3) is 0.733. The first-order valence-corrected chi connectivity index (χ1v) is 6.98. The lowest BCUT2D eigenvalue weighted by Crippen LogP contribution is -2.43. The molecule has 116 valence electrons. The summed E-state index contributed by atoms with van der Waals surface area (Å²) in [5, 5.41) is 0. The van der Waals surface area contributed by atoms with Crippen LogP contribution in [0.5, 0.6) is 0 Å². The molecule has 0 aliphatic carbocycles. The van der Waals surface area contributed by atoms with Gasteiger partial charge in [0, 0.05) is 13.1 Å². The first kappa shape index (κ1) is 18.5. The summed E-state index contributed by atoms with van der Waals surface area (Å²) in [6.45, 7) is 14.8. The number of carbonyl (C=O) groups excluding carboxylic acids is 2. The van der Waals surface area contributed by atoms with Crippen LogP contribution in [0.4, 0.5) is 4.79 Å². The van der Waals surface area contributed by atoms with Gasteiger partial charge in [0.05, 0.1) is 12.5 Å². The normalized spacial score (nSPS) is 15.9. The van der Waals surface area contributed by atoms with E-state index in [1.807, 2.05) is 20.8 Å². The molecule has 1 amide bonds. The van der Waals surface area contributed by atoms with Crippen molar-refractivity contribution < 1.29 is 19.1 Å². The molecule has 0 saturated carbocycles. The number of likely N-dealkylation sites (tertiary alicyclic amines) is 1. The lowest BCUT2D eigenvalue weighted by Gasteiger charge is -2.32. The van der Waals surface area contributed by atoms with Gasteiger partial charge in [0.1, 0.15) is 5.60 Å². The quantitative estimate of drug-likeness (QED) is 0.578. The van der Waals surface area contributed by atoms with Gasteiger partial charge in [-0.05, 0) is 40.5 Å². The highest BCUT2D eigenvalue weighted by Crippen LogP contribution is 2.20. The molecule has 0 aromatic carbocycles. The molecule has 0 aromatic heterocycles. The monoisotopic (exact) mass is 285 g/mol. The minimum absolute atomic E-state index is 0.0800. The largest absolute Gasteiger partial charge is 0.466 e. The van der Waals surface area contributed by atoms with E-state index in [1.54, 1.807) is 11.8 Å². The van der Waals surface area contributed by atoms with Gasteiger partial charge in [-0.3, -0.25) is 4.79 Å². The molecule has 5 heteroatoms. The Hall–Kier alpha value is -1.52. The van der Waals surface area contributed by atoms with Crippen LogP contribution in [-0.4, -0.2) is 42.3 Å². The topological polar surface area (TPSA) is 55.8 Å².